The predicted octanol–water partition coefficient (Wildman–Crippen LogP) is 3.17. The predicted molar refractivity (Wildman–Crippen MR) is 108 cm³/mol. The maximum atomic E-state index is 6.14. The topological polar surface area (TPSA) is 33.5 Å². The molecule has 4 rings (SSSR count). The molecule has 27 heavy (non-hydrogen) atoms. The molecule has 1 saturated heterocycles. The Hall–Kier alpha value is -2.63. The van der Waals surface area contributed by atoms with Gasteiger partial charge in [0.05, 0.1) is 11.3 Å². The Kier molecular flexibility index (Phi) is 5.51. The van der Waals surface area contributed by atoms with E-state index in [0.717, 1.165) is 49.5 Å². The fourth-order valence-electron chi connectivity index (χ4n) is 3.34. The van der Waals surface area contributed by atoms with Gasteiger partial charge in [-0.05, 0) is 24.7 Å². The summed E-state index contributed by atoms with van der Waals surface area (Å²) in [6.07, 6.45) is 2.05. The highest BCUT2D eigenvalue weighted by Gasteiger charge is 2.16. The second-order valence-corrected chi connectivity index (χ2v) is 6.99. The van der Waals surface area contributed by atoms with E-state index in [1.807, 2.05) is 41.1 Å². The zero-order chi connectivity index (χ0) is 18.5. The van der Waals surface area contributed by atoms with E-state index < -0.39 is 0 Å². The van der Waals surface area contributed by atoms with Crippen molar-refractivity contribution in [2.45, 2.75) is 0 Å². The average Bonchev–Trinajstić information content (AvgIpc) is 3.15. The molecule has 1 aromatic heterocycles. The first-order valence-corrected chi connectivity index (χ1v) is 9.54. The third-order valence-electron chi connectivity index (χ3n) is 5.03. The van der Waals surface area contributed by atoms with Gasteiger partial charge in [-0.1, -0.05) is 48.5 Å². The molecule has 1 fully saturated rings. The first-order valence-electron chi connectivity index (χ1n) is 9.54. The van der Waals surface area contributed by atoms with Crippen LogP contribution in [0, 0.1) is 0 Å². The molecule has 5 nitrogen and oxygen atoms in total. The fraction of sp³-hybridized carbons (Fsp3) is 0.318. The Labute approximate surface area is 160 Å². The molecule has 2 aromatic carbocycles. The number of rotatable bonds is 6. The summed E-state index contributed by atoms with van der Waals surface area (Å²) in [5.74, 6) is 0.694. The smallest absolute Gasteiger partial charge is 0.241 e. The van der Waals surface area contributed by atoms with E-state index in [0.29, 0.717) is 12.5 Å². The van der Waals surface area contributed by atoms with Crippen LogP contribution < -0.4 is 4.74 Å². The number of nitrogens with zero attached hydrogens (tertiary/aromatic N) is 4. The summed E-state index contributed by atoms with van der Waals surface area (Å²) in [5.41, 5.74) is 3.18. The first-order chi connectivity index (χ1) is 13.3. The summed E-state index contributed by atoms with van der Waals surface area (Å²) in [5, 5.41) is 4.72. The molecular weight excluding hydrogens is 336 g/mol. The van der Waals surface area contributed by atoms with E-state index in [1.54, 1.807) is 0 Å². The normalized spacial score (nSPS) is 15.7. The summed E-state index contributed by atoms with van der Waals surface area (Å²) in [7, 11) is 2.18. The van der Waals surface area contributed by atoms with Crippen molar-refractivity contribution in [2.24, 2.45) is 0 Å². The Morgan fingerprint density at radius 1 is 0.889 bits per heavy atom. The molecule has 0 atom stereocenters. The number of benzene rings is 2. The number of piperazine rings is 1. The third kappa shape index (κ3) is 4.38. The monoisotopic (exact) mass is 362 g/mol. The molecule has 0 bridgehead atoms. The van der Waals surface area contributed by atoms with Crippen molar-refractivity contribution in [1.82, 2.24) is 19.6 Å². The number of para-hydroxylation sites is 1. The lowest BCUT2D eigenvalue weighted by molar-refractivity contribution is 0.132. The van der Waals surface area contributed by atoms with Crippen molar-refractivity contribution in [3.8, 4) is 22.7 Å². The van der Waals surface area contributed by atoms with Crippen LogP contribution in [0.25, 0.3) is 16.8 Å². The molecule has 0 aliphatic carbocycles. The number of hydrogen-bond donors (Lipinski definition) is 0. The highest BCUT2D eigenvalue weighted by atomic mass is 16.5. The molecule has 1 aliphatic rings. The molecule has 1 aliphatic heterocycles. The molecule has 2 heterocycles. The maximum absolute atomic E-state index is 6.14. The van der Waals surface area contributed by atoms with Crippen LogP contribution in [0.2, 0.25) is 0 Å². The van der Waals surface area contributed by atoms with Crippen molar-refractivity contribution in [1.29, 1.82) is 0 Å². The lowest BCUT2D eigenvalue weighted by Gasteiger charge is -2.32. The summed E-state index contributed by atoms with van der Waals surface area (Å²) in [4.78, 5) is 4.82. The van der Waals surface area contributed by atoms with Crippen LogP contribution in [-0.2, 0) is 0 Å². The standard InChI is InChI=1S/C22H26N4O/c1-24-12-14-25(15-13-24)16-17-27-22-21(19-8-4-2-5-9-19)18-26(23-22)20-10-6-3-7-11-20/h2-11,18H,12-17H2,1H3. The van der Waals surface area contributed by atoms with Gasteiger partial charge in [0.15, 0.2) is 0 Å². The van der Waals surface area contributed by atoms with E-state index in [1.165, 1.54) is 0 Å². The van der Waals surface area contributed by atoms with Crippen molar-refractivity contribution < 1.29 is 4.74 Å². The van der Waals surface area contributed by atoms with Gasteiger partial charge in [-0.2, -0.15) is 0 Å². The van der Waals surface area contributed by atoms with E-state index in [2.05, 4.69) is 47.3 Å². The maximum Gasteiger partial charge on any atom is 0.241 e. The Morgan fingerprint density at radius 2 is 1.56 bits per heavy atom. The number of ether oxygens (including phenoxy) is 1. The number of likely N-dealkylation sites (N-methyl/N-ethyl adjacent to an activating group) is 1. The number of hydrogen-bond acceptors (Lipinski definition) is 4. The van der Waals surface area contributed by atoms with Crippen LogP contribution in [-0.4, -0.2) is 66.0 Å². The molecule has 0 radical (unpaired) electrons. The molecule has 140 valence electrons. The van der Waals surface area contributed by atoms with Crippen molar-refractivity contribution in [3.63, 3.8) is 0 Å². The third-order valence-corrected chi connectivity index (χ3v) is 5.03. The lowest BCUT2D eigenvalue weighted by Crippen LogP contribution is -2.45. The van der Waals surface area contributed by atoms with E-state index in [9.17, 15) is 0 Å². The molecule has 5 heteroatoms. The van der Waals surface area contributed by atoms with Crippen molar-refractivity contribution in [2.75, 3.05) is 46.4 Å². The molecule has 0 N–H and O–H groups in total. The second-order valence-electron chi connectivity index (χ2n) is 6.99. The zero-order valence-electron chi connectivity index (χ0n) is 15.8. The van der Waals surface area contributed by atoms with Gasteiger partial charge >= 0.3 is 0 Å². The minimum Gasteiger partial charge on any atom is -0.475 e. The van der Waals surface area contributed by atoms with Crippen LogP contribution in [0.5, 0.6) is 5.88 Å². The van der Waals surface area contributed by atoms with Gasteiger partial charge in [0.1, 0.15) is 6.61 Å². The molecule has 0 saturated carbocycles. The van der Waals surface area contributed by atoms with Crippen molar-refractivity contribution in [3.05, 3.63) is 66.9 Å². The number of aromatic nitrogens is 2. The molecular formula is C22H26N4O. The summed E-state index contributed by atoms with van der Waals surface area (Å²) in [6, 6.07) is 20.5. The summed E-state index contributed by atoms with van der Waals surface area (Å²) < 4.78 is 8.03. The first kappa shape index (κ1) is 17.8. The van der Waals surface area contributed by atoms with E-state index in [4.69, 9.17) is 9.84 Å². The molecule has 0 amide bonds. The van der Waals surface area contributed by atoms with Gasteiger partial charge in [0, 0.05) is 38.9 Å². The minimum atomic E-state index is 0.648. The van der Waals surface area contributed by atoms with Crippen LogP contribution >= 0.6 is 0 Å². The van der Waals surface area contributed by atoms with Gasteiger partial charge in [0.2, 0.25) is 5.88 Å². The Balaban J connectivity index is 1.51. The lowest BCUT2D eigenvalue weighted by atomic mass is 10.1. The summed E-state index contributed by atoms with van der Waals surface area (Å²) >= 11 is 0. The highest BCUT2D eigenvalue weighted by molar-refractivity contribution is 5.68. The van der Waals surface area contributed by atoms with Crippen molar-refractivity contribution >= 4 is 0 Å². The van der Waals surface area contributed by atoms with E-state index in [-0.39, 0.29) is 0 Å². The minimum absolute atomic E-state index is 0.648. The van der Waals surface area contributed by atoms with Crippen LogP contribution in [0.3, 0.4) is 0 Å². The largest absolute Gasteiger partial charge is 0.475 e. The molecule has 0 unspecified atom stereocenters. The van der Waals surface area contributed by atoms with Crippen LogP contribution in [0.15, 0.2) is 66.9 Å². The van der Waals surface area contributed by atoms with Gasteiger partial charge in [-0.15, -0.1) is 5.10 Å². The van der Waals surface area contributed by atoms with Gasteiger partial charge < -0.3 is 9.64 Å². The summed E-state index contributed by atoms with van der Waals surface area (Å²) in [6.45, 7) is 6.03. The molecule has 3 aromatic rings. The second kappa shape index (κ2) is 8.37. The molecule has 0 spiro atoms. The van der Waals surface area contributed by atoms with Gasteiger partial charge in [0.25, 0.3) is 0 Å². The van der Waals surface area contributed by atoms with E-state index >= 15 is 0 Å². The van der Waals surface area contributed by atoms with Gasteiger partial charge in [-0.3, -0.25) is 4.90 Å². The van der Waals surface area contributed by atoms with Crippen LogP contribution in [0.1, 0.15) is 0 Å². The Bertz CT molecular complexity index is 839. The Morgan fingerprint density at radius 3 is 2.26 bits per heavy atom. The highest BCUT2D eigenvalue weighted by Crippen LogP contribution is 2.30. The van der Waals surface area contributed by atoms with Crippen LogP contribution in [0.4, 0.5) is 0 Å². The fourth-order valence-corrected chi connectivity index (χ4v) is 3.34. The average molecular weight is 362 g/mol. The zero-order valence-corrected chi connectivity index (χ0v) is 15.8. The quantitative estimate of drug-likeness (QED) is 0.674. The van der Waals surface area contributed by atoms with Gasteiger partial charge in [-0.25, -0.2) is 4.68 Å². The SMILES string of the molecule is CN1CCN(CCOc2nn(-c3ccccc3)cc2-c2ccccc2)CC1.